The molecule has 1 aliphatic carbocycles. The van der Waals surface area contributed by atoms with Gasteiger partial charge in [-0.3, -0.25) is 14.5 Å². The molecule has 2 aliphatic heterocycles. The van der Waals surface area contributed by atoms with Gasteiger partial charge < -0.3 is 9.88 Å². The minimum Gasteiger partial charge on any atom is -0.334 e. The molecule has 5 rings (SSSR count). The molecule has 168 valence electrons. The number of H-pyrrole nitrogens is 1. The SMILES string of the molecule is O=C(c1ccc(F)cc1)N1CCc2nc([C@@H]3CCCN3C[C@@H]3CC=CCC3)[nH]c(=O)c2C1. The molecule has 1 N–H and O–H groups in total. The van der Waals surface area contributed by atoms with Gasteiger partial charge >= 0.3 is 0 Å². The molecule has 0 saturated carbocycles. The quantitative estimate of drug-likeness (QED) is 0.744. The highest BCUT2D eigenvalue weighted by Crippen LogP contribution is 2.32. The zero-order valence-electron chi connectivity index (χ0n) is 18.2. The van der Waals surface area contributed by atoms with Gasteiger partial charge in [0.05, 0.1) is 23.8 Å². The molecule has 1 saturated heterocycles. The van der Waals surface area contributed by atoms with Crippen LogP contribution in [0.3, 0.4) is 0 Å². The van der Waals surface area contributed by atoms with E-state index in [0.29, 0.717) is 30.0 Å². The number of rotatable bonds is 4. The topological polar surface area (TPSA) is 69.3 Å². The van der Waals surface area contributed by atoms with Crippen molar-refractivity contribution in [1.29, 1.82) is 0 Å². The molecule has 1 aromatic carbocycles. The molecule has 0 radical (unpaired) electrons. The largest absolute Gasteiger partial charge is 0.334 e. The Morgan fingerprint density at radius 3 is 2.78 bits per heavy atom. The minimum atomic E-state index is -0.375. The van der Waals surface area contributed by atoms with Crippen LogP contribution in [0.5, 0.6) is 0 Å². The van der Waals surface area contributed by atoms with Crippen LogP contribution in [0.1, 0.15) is 65.6 Å². The molecule has 6 nitrogen and oxygen atoms in total. The van der Waals surface area contributed by atoms with Gasteiger partial charge in [-0.15, -0.1) is 0 Å². The fraction of sp³-hybridized carbons (Fsp3) is 0.480. The molecule has 0 bridgehead atoms. The van der Waals surface area contributed by atoms with Crippen molar-refractivity contribution in [3.8, 4) is 0 Å². The lowest BCUT2D eigenvalue weighted by molar-refractivity contribution is 0.0732. The third-order valence-electron chi connectivity index (χ3n) is 7.01. The predicted octanol–water partition coefficient (Wildman–Crippen LogP) is 3.60. The summed E-state index contributed by atoms with van der Waals surface area (Å²) >= 11 is 0. The predicted molar refractivity (Wildman–Crippen MR) is 120 cm³/mol. The Hall–Kier alpha value is -2.80. The van der Waals surface area contributed by atoms with E-state index in [1.807, 2.05) is 0 Å². The summed E-state index contributed by atoms with van der Waals surface area (Å²) in [7, 11) is 0. The van der Waals surface area contributed by atoms with Crippen molar-refractivity contribution >= 4 is 5.91 Å². The van der Waals surface area contributed by atoms with Gasteiger partial charge in [0.15, 0.2) is 0 Å². The lowest BCUT2D eigenvalue weighted by Crippen LogP contribution is -2.40. The lowest BCUT2D eigenvalue weighted by atomic mass is 9.93. The first kappa shape index (κ1) is 21.1. The van der Waals surface area contributed by atoms with E-state index in [1.54, 1.807) is 4.90 Å². The van der Waals surface area contributed by atoms with E-state index < -0.39 is 0 Å². The molecule has 7 heteroatoms. The van der Waals surface area contributed by atoms with E-state index in [2.05, 4.69) is 22.0 Å². The molecular weight excluding hydrogens is 407 g/mol. The Morgan fingerprint density at radius 2 is 2.00 bits per heavy atom. The van der Waals surface area contributed by atoms with Crippen LogP contribution in [0, 0.1) is 11.7 Å². The molecule has 3 aliphatic rings. The number of hydrogen-bond donors (Lipinski definition) is 1. The third kappa shape index (κ3) is 4.26. The van der Waals surface area contributed by atoms with Crippen molar-refractivity contribution < 1.29 is 9.18 Å². The molecule has 1 amide bonds. The summed E-state index contributed by atoms with van der Waals surface area (Å²) in [6.07, 6.45) is 10.8. The van der Waals surface area contributed by atoms with E-state index in [-0.39, 0.29) is 29.9 Å². The fourth-order valence-electron chi connectivity index (χ4n) is 5.26. The average Bonchev–Trinajstić information content (AvgIpc) is 3.27. The van der Waals surface area contributed by atoms with Crippen LogP contribution in [-0.4, -0.2) is 45.3 Å². The first-order valence-electron chi connectivity index (χ1n) is 11.6. The van der Waals surface area contributed by atoms with Crippen molar-refractivity contribution in [3.63, 3.8) is 0 Å². The number of hydrogen-bond acceptors (Lipinski definition) is 4. The first-order valence-corrected chi connectivity index (χ1v) is 11.6. The van der Waals surface area contributed by atoms with E-state index in [0.717, 1.165) is 50.3 Å². The molecule has 32 heavy (non-hydrogen) atoms. The standard InChI is InChI=1S/C25H29FN4O2/c26-19-10-8-18(9-11-19)25(32)30-14-12-21-20(16-30)24(31)28-23(27-21)22-7-4-13-29(22)15-17-5-2-1-3-6-17/h1-2,8-11,17,22H,3-7,12-16H2,(H,27,28,31)/t17-,22+/m1/s1. The number of amides is 1. The van der Waals surface area contributed by atoms with E-state index in [1.165, 1.54) is 30.7 Å². The van der Waals surface area contributed by atoms with Gasteiger partial charge in [-0.1, -0.05) is 12.2 Å². The second kappa shape index (κ2) is 8.98. The molecule has 2 aromatic rings. The summed E-state index contributed by atoms with van der Waals surface area (Å²) in [5, 5.41) is 0. The van der Waals surface area contributed by atoms with Gasteiger partial charge in [-0.05, 0) is 68.8 Å². The number of carbonyl (C=O) groups is 1. The first-order chi connectivity index (χ1) is 15.6. The van der Waals surface area contributed by atoms with Crippen molar-refractivity contribution in [2.24, 2.45) is 5.92 Å². The highest BCUT2D eigenvalue weighted by atomic mass is 19.1. The smallest absolute Gasteiger partial charge is 0.256 e. The minimum absolute atomic E-state index is 0.144. The summed E-state index contributed by atoms with van der Waals surface area (Å²) in [5.41, 5.74) is 1.65. The summed E-state index contributed by atoms with van der Waals surface area (Å²) < 4.78 is 13.2. The number of halogens is 1. The number of likely N-dealkylation sites (tertiary alicyclic amines) is 1. The van der Waals surface area contributed by atoms with Crippen LogP contribution in [0.4, 0.5) is 4.39 Å². The molecular formula is C25H29FN4O2. The van der Waals surface area contributed by atoms with Gasteiger partial charge in [0, 0.05) is 25.1 Å². The van der Waals surface area contributed by atoms with Crippen molar-refractivity contribution in [2.75, 3.05) is 19.6 Å². The molecule has 0 unspecified atom stereocenters. The molecule has 1 fully saturated rings. The third-order valence-corrected chi connectivity index (χ3v) is 7.01. The second-order valence-corrected chi connectivity index (χ2v) is 9.16. The maximum atomic E-state index is 13.2. The fourth-order valence-corrected chi connectivity index (χ4v) is 5.26. The Morgan fingerprint density at radius 1 is 1.16 bits per heavy atom. The number of allylic oxidation sites excluding steroid dienone is 2. The number of aromatic amines is 1. The van der Waals surface area contributed by atoms with Crippen LogP contribution in [0.25, 0.3) is 0 Å². The van der Waals surface area contributed by atoms with Gasteiger partial charge in [0.2, 0.25) is 0 Å². The number of fused-ring (bicyclic) bond motifs is 1. The van der Waals surface area contributed by atoms with Crippen molar-refractivity contribution in [3.05, 3.63) is 75.2 Å². The number of aromatic nitrogens is 2. The summed E-state index contributed by atoms with van der Waals surface area (Å²) in [4.78, 5) is 37.8. The highest BCUT2D eigenvalue weighted by molar-refractivity contribution is 5.94. The Balaban J connectivity index is 1.32. The second-order valence-electron chi connectivity index (χ2n) is 9.16. The summed E-state index contributed by atoms with van der Waals surface area (Å²) in [6, 6.07) is 5.69. The number of nitrogens with one attached hydrogen (secondary N) is 1. The molecule has 3 heterocycles. The van der Waals surface area contributed by atoms with Gasteiger partial charge in [-0.25, -0.2) is 9.37 Å². The molecule has 2 atom stereocenters. The van der Waals surface area contributed by atoms with E-state index >= 15 is 0 Å². The van der Waals surface area contributed by atoms with Gasteiger partial charge in [0.25, 0.3) is 11.5 Å². The Kier molecular flexibility index (Phi) is 5.91. The zero-order chi connectivity index (χ0) is 22.1. The lowest BCUT2D eigenvalue weighted by Gasteiger charge is -2.31. The number of nitrogens with zero attached hydrogens (tertiary/aromatic N) is 3. The maximum absolute atomic E-state index is 13.2. The molecule has 0 spiro atoms. The van der Waals surface area contributed by atoms with Gasteiger partial charge in [0.1, 0.15) is 11.6 Å². The van der Waals surface area contributed by atoms with Crippen molar-refractivity contribution in [2.45, 2.75) is 51.1 Å². The Labute approximate surface area is 187 Å². The summed E-state index contributed by atoms with van der Waals surface area (Å²) in [5.74, 6) is 0.883. The van der Waals surface area contributed by atoms with Gasteiger partial charge in [-0.2, -0.15) is 0 Å². The monoisotopic (exact) mass is 436 g/mol. The number of carbonyl (C=O) groups excluding carboxylic acids is 1. The van der Waals surface area contributed by atoms with Crippen LogP contribution in [-0.2, 0) is 13.0 Å². The average molecular weight is 437 g/mol. The highest BCUT2D eigenvalue weighted by Gasteiger charge is 2.32. The number of benzene rings is 1. The summed E-state index contributed by atoms with van der Waals surface area (Å²) in [6.45, 7) is 2.83. The van der Waals surface area contributed by atoms with Crippen molar-refractivity contribution in [1.82, 2.24) is 19.8 Å². The van der Waals surface area contributed by atoms with E-state index in [4.69, 9.17) is 4.98 Å². The van der Waals surface area contributed by atoms with Crippen LogP contribution >= 0.6 is 0 Å². The molecule has 1 aromatic heterocycles. The zero-order valence-corrected chi connectivity index (χ0v) is 18.2. The van der Waals surface area contributed by atoms with Crippen LogP contribution in [0.2, 0.25) is 0 Å². The Bertz CT molecular complexity index is 1080. The van der Waals surface area contributed by atoms with Crippen LogP contribution < -0.4 is 5.56 Å². The maximum Gasteiger partial charge on any atom is 0.256 e. The normalized spacial score (nSPS) is 23.3. The van der Waals surface area contributed by atoms with Crippen LogP contribution in [0.15, 0.2) is 41.2 Å². The van der Waals surface area contributed by atoms with E-state index in [9.17, 15) is 14.0 Å².